The van der Waals surface area contributed by atoms with Crippen molar-refractivity contribution in [1.82, 2.24) is 25.1 Å². The van der Waals surface area contributed by atoms with E-state index in [1.807, 2.05) is 11.4 Å². The number of benzene rings is 1. The maximum Gasteiger partial charge on any atom is 0.224 e. The van der Waals surface area contributed by atoms with Crippen molar-refractivity contribution in [3.63, 3.8) is 0 Å². The second-order valence-electron chi connectivity index (χ2n) is 6.79. The first-order chi connectivity index (χ1) is 14.0. The summed E-state index contributed by atoms with van der Waals surface area (Å²) >= 11 is 1.72. The molecule has 150 valence electrons. The number of nitrogens with zero attached hydrogens (tertiary/aromatic N) is 5. The number of nitrogens with one attached hydrogen (secondary N) is 1. The number of anilines is 1. The van der Waals surface area contributed by atoms with E-state index < -0.39 is 5.82 Å². The third-order valence-corrected chi connectivity index (χ3v) is 5.83. The summed E-state index contributed by atoms with van der Waals surface area (Å²) < 4.78 is 15.4. The fourth-order valence-corrected chi connectivity index (χ4v) is 4.16. The number of carbonyl (C=O) groups is 2. The maximum atomic E-state index is 14.1. The third-order valence-electron chi connectivity index (χ3n) is 4.81. The molecule has 4 rings (SSSR count). The van der Waals surface area contributed by atoms with Crippen molar-refractivity contribution >= 4 is 28.8 Å². The van der Waals surface area contributed by atoms with Gasteiger partial charge in [0, 0.05) is 36.5 Å². The molecule has 0 saturated heterocycles. The van der Waals surface area contributed by atoms with Gasteiger partial charge in [-0.05, 0) is 59.0 Å². The van der Waals surface area contributed by atoms with Gasteiger partial charge in [-0.15, -0.1) is 16.4 Å². The van der Waals surface area contributed by atoms with Crippen LogP contribution in [0.25, 0.3) is 5.69 Å². The molecule has 0 bridgehead atoms. The molecule has 1 N–H and O–H groups in total. The zero-order chi connectivity index (χ0) is 20.4. The zero-order valence-corrected chi connectivity index (χ0v) is 16.6. The molecule has 2 aromatic heterocycles. The number of carbonyl (C=O) groups excluding carboxylic acids is 2. The largest absolute Gasteiger partial charge is 0.338 e. The van der Waals surface area contributed by atoms with E-state index in [2.05, 4.69) is 20.8 Å². The minimum Gasteiger partial charge on any atom is -0.338 e. The van der Waals surface area contributed by atoms with Gasteiger partial charge in [0.05, 0.1) is 0 Å². The molecule has 3 aromatic rings. The lowest BCUT2D eigenvalue weighted by atomic mass is 10.1. The first-order valence-corrected chi connectivity index (χ1v) is 10.1. The lowest BCUT2D eigenvalue weighted by Gasteiger charge is -2.27. The predicted octanol–water partition coefficient (Wildman–Crippen LogP) is 2.47. The molecule has 0 unspecified atom stereocenters. The van der Waals surface area contributed by atoms with E-state index in [1.54, 1.807) is 23.2 Å². The molecule has 10 heteroatoms. The molecule has 0 spiro atoms. The summed E-state index contributed by atoms with van der Waals surface area (Å²) in [5.41, 5.74) is 1.74. The minimum atomic E-state index is -0.508. The van der Waals surface area contributed by atoms with Gasteiger partial charge in [0.15, 0.2) is 5.82 Å². The van der Waals surface area contributed by atoms with E-state index >= 15 is 0 Å². The Bertz CT molecular complexity index is 1060. The van der Waals surface area contributed by atoms with Crippen LogP contribution in [0.4, 0.5) is 10.1 Å². The molecular formula is C19H19FN6O2S. The SMILES string of the molecule is Cc1nnnn1-c1cc(NC(=O)CCC(=O)N2CCc3sccc3C2)ccc1F. The molecule has 1 aliphatic heterocycles. The normalized spacial score (nSPS) is 13.2. The minimum absolute atomic E-state index is 0.0406. The Hall–Kier alpha value is -3.14. The van der Waals surface area contributed by atoms with Crippen LogP contribution in [0.15, 0.2) is 29.6 Å². The molecule has 2 amide bonds. The number of aryl methyl sites for hydroxylation is 1. The standard InChI is InChI=1S/C19H19FN6O2S/c1-12-22-23-24-26(12)16-10-14(2-3-15(16)20)21-18(27)4-5-19(28)25-8-6-17-13(11-25)7-9-29-17/h2-3,7,9-10H,4-6,8,11H2,1H3,(H,21,27). The number of fused-ring (bicyclic) bond motifs is 1. The predicted molar refractivity (Wildman–Crippen MR) is 105 cm³/mol. The number of thiophene rings is 1. The number of aromatic nitrogens is 4. The van der Waals surface area contributed by atoms with E-state index in [0.29, 0.717) is 24.6 Å². The van der Waals surface area contributed by atoms with Crippen LogP contribution in [0.1, 0.15) is 29.1 Å². The van der Waals surface area contributed by atoms with Gasteiger partial charge in [0.2, 0.25) is 11.8 Å². The van der Waals surface area contributed by atoms with Crippen LogP contribution in [-0.2, 0) is 22.6 Å². The van der Waals surface area contributed by atoms with E-state index in [1.165, 1.54) is 33.3 Å². The van der Waals surface area contributed by atoms with Crippen LogP contribution >= 0.6 is 11.3 Å². The molecule has 0 atom stereocenters. The lowest BCUT2D eigenvalue weighted by Crippen LogP contribution is -2.35. The van der Waals surface area contributed by atoms with E-state index in [4.69, 9.17) is 0 Å². The first-order valence-electron chi connectivity index (χ1n) is 9.19. The van der Waals surface area contributed by atoms with Crippen LogP contribution in [0, 0.1) is 12.7 Å². The average molecular weight is 414 g/mol. The number of amides is 2. The molecule has 0 aliphatic carbocycles. The van der Waals surface area contributed by atoms with Crippen molar-refractivity contribution in [2.24, 2.45) is 0 Å². The average Bonchev–Trinajstić information content (AvgIpc) is 3.35. The van der Waals surface area contributed by atoms with Crippen molar-refractivity contribution < 1.29 is 14.0 Å². The second-order valence-corrected chi connectivity index (χ2v) is 7.79. The first kappa shape index (κ1) is 19.2. The quantitative estimate of drug-likeness (QED) is 0.692. The highest BCUT2D eigenvalue weighted by Gasteiger charge is 2.22. The summed E-state index contributed by atoms with van der Waals surface area (Å²) in [6.07, 6.45) is 1.05. The van der Waals surface area contributed by atoms with Gasteiger partial charge in [-0.3, -0.25) is 9.59 Å². The highest BCUT2D eigenvalue weighted by atomic mass is 32.1. The molecule has 0 fully saturated rings. The fraction of sp³-hybridized carbons (Fsp3) is 0.316. The Kier molecular flexibility index (Phi) is 5.34. The zero-order valence-electron chi connectivity index (χ0n) is 15.8. The topological polar surface area (TPSA) is 93.0 Å². The van der Waals surface area contributed by atoms with Gasteiger partial charge < -0.3 is 10.2 Å². The Balaban J connectivity index is 1.34. The molecule has 1 aliphatic rings. The van der Waals surface area contributed by atoms with Gasteiger partial charge in [0.25, 0.3) is 0 Å². The van der Waals surface area contributed by atoms with Crippen LogP contribution in [-0.4, -0.2) is 43.5 Å². The fourth-order valence-electron chi connectivity index (χ4n) is 3.27. The Labute approximate surface area is 170 Å². The van der Waals surface area contributed by atoms with Crippen LogP contribution < -0.4 is 5.32 Å². The monoisotopic (exact) mass is 414 g/mol. The Morgan fingerprint density at radius 1 is 1.28 bits per heavy atom. The molecule has 0 saturated carbocycles. The number of tetrazole rings is 1. The van der Waals surface area contributed by atoms with E-state index in [0.717, 1.165) is 6.42 Å². The maximum absolute atomic E-state index is 14.1. The van der Waals surface area contributed by atoms with Crippen molar-refractivity contribution in [2.45, 2.75) is 32.7 Å². The second kappa shape index (κ2) is 8.08. The number of hydrogen-bond acceptors (Lipinski definition) is 6. The van der Waals surface area contributed by atoms with Crippen molar-refractivity contribution in [3.05, 3.63) is 51.7 Å². The van der Waals surface area contributed by atoms with Gasteiger partial charge in [-0.1, -0.05) is 0 Å². The van der Waals surface area contributed by atoms with Gasteiger partial charge >= 0.3 is 0 Å². The summed E-state index contributed by atoms with van der Waals surface area (Å²) in [6.45, 7) is 2.93. The summed E-state index contributed by atoms with van der Waals surface area (Å²) in [5, 5.41) is 15.7. The van der Waals surface area contributed by atoms with Gasteiger partial charge in [0.1, 0.15) is 11.5 Å². The van der Waals surface area contributed by atoms with Crippen LogP contribution in [0.5, 0.6) is 0 Å². The smallest absolute Gasteiger partial charge is 0.224 e. The molecule has 1 aromatic carbocycles. The molecule has 0 radical (unpaired) electrons. The highest BCUT2D eigenvalue weighted by molar-refractivity contribution is 7.10. The summed E-state index contributed by atoms with van der Waals surface area (Å²) in [4.78, 5) is 27.9. The molecular weight excluding hydrogens is 395 g/mol. The number of rotatable bonds is 5. The number of halogens is 1. The van der Waals surface area contributed by atoms with Gasteiger partial charge in [-0.2, -0.15) is 4.68 Å². The molecule has 8 nitrogen and oxygen atoms in total. The van der Waals surface area contributed by atoms with E-state index in [-0.39, 0.29) is 30.3 Å². The van der Waals surface area contributed by atoms with E-state index in [9.17, 15) is 14.0 Å². The summed E-state index contributed by atoms with van der Waals surface area (Å²) in [7, 11) is 0. The van der Waals surface area contributed by atoms with Crippen molar-refractivity contribution in [2.75, 3.05) is 11.9 Å². The highest BCUT2D eigenvalue weighted by Crippen LogP contribution is 2.24. The van der Waals surface area contributed by atoms with Crippen LogP contribution in [0.3, 0.4) is 0 Å². The Morgan fingerprint density at radius 3 is 2.93 bits per heavy atom. The van der Waals surface area contributed by atoms with Gasteiger partial charge in [-0.25, -0.2) is 4.39 Å². The molecule has 3 heterocycles. The summed E-state index contributed by atoms with van der Waals surface area (Å²) in [5.74, 6) is -0.432. The van der Waals surface area contributed by atoms with Crippen LogP contribution in [0.2, 0.25) is 0 Å². The molecule has 29 heavy (non-hydrogen) atoms. The summed E-state index contributed by atoms with van der Waals surface area (Å²) in [6, 6.07) is 6.20. The lowest BCUT2D eigenvalue weighted by molar-refractivity contribution is -0.133. The van der Waals surface area contributed by atoms with Crippen molar-refractivity contribution in [1.29, 1.82) is 0 Å². The Morgan fingerprint density at radius 2 is 2.14 bits per heavy atom. The third kappa shape index (κ3) is 4.16. The number of hydrogen-bond donors (Lipinski definition) is 1. The van der Waals surface area contributed by atoms with Crippen molar-refractivity contribution in [3.8, 4) is 5.69 Å².